The van der Waals surface area contributed by atoms with Crippen molar-refractivity contribution >= 4 is 22.6 Å². The second-order valence-corrected chi connectivity index (χ2v) is 13.3. The molecule has 0 fully saturated rings. The molecular weight excluding hydrogens is 615 g/mol. The van der Waals surface area contributed by atoms with Gasteiger partial charge in [-0.2, -0.15) is 0 Å². The van der Waals surface area contributed by atoms with Crippen molar-refractivity contribution in [2.75, 3.05) is 4.90 Å². The maximum atomic E-state index is 2.41. The van der Waals surface area contributed by atoms with Crippen molar-refractivity contribution in [2.24, 2.45) is 0 Å². The highest BCUT2D eigenvalue weighted by Crippen LogP contribution is 2.39. The van der Waals surface area contributed by atoms with E-state index in [4.69, 9.17) is 0 Å². The minimum Gasteiger partial charge on any atom is -0.311 e. The van der Waals surface area contributed by atoms with E-state index in [1.54, 1.807) is 0 Å². The molecule has 0 unspecified atom stereocenters. The minimum atomic E-state index is 0.958. The molecule has 0 saturated carbocycles. The van der Waals surface area contributed by atoms with Gasteiger partial charge in [-0.05, 0) is 130 Å². The number of nitrogens with zero attached hydrogens (tertiary/aromatic N) is 1. The molecule has 0 atom stereocenters. The first-order valence-corrected chi connectivity index (χ1v) is 17.9. The predicted octanol–water partition coefficient (Wildman–Crippen LogP) is 13.8. The molecule has 0 spiro atoms. The van der Waals surface area contributed by atoms with Crippen LogP contribution in [0.2, 0.25) is 0 Å². The Morgan fingerprint density at radius 2 is 0.882 bits per heavy atom. The third-order valence-corrected chi connectivity index (χ3v) is 9.99. The fourth-order valence-electron chi connectivity index (χ4n) is 7.25. The first-order chi connectivity index (χ1) is 25.2. The van der Waals surface area contributed by atoms with E-state index in [-0.39, 0.29) is 0 Å². The molecule has 1 heteroatoms. The lowest BCUT2D eigenvalue weighted by Gasteiger charge is -2.26. The summed E-state index contributed by atoms with van der Waals surface area (Å²) in [6.07, 6.45) is 7.79. The summed E-state index contributed by atoms with van der Waals surface area (Å²) in [6.45, 7) is 2.25. The maximum absolute atomic E-state index is 2.41. The van der Waals surface area contributed by atoms with Gasteiger partial charge in [0.05, 0.1) is 0 Å². The van der Waals surface area contributed by atoms with Gasteiger partial charge < -0.3 is 4.90 Å². The van der Waals surface area contributed by atoms with Crippen molar-refractivity contribution in [2.45, 2.75) is 26.2 Å². The van der Waals surface area contributed by atoms with Gasteiger partial charge in [0.1, 0.15) is 0 Å². The van der Waals surface area contributed by atoms with Gasteiger partial charge in [-0.3, -0.25) is 0 Å². The Bertz CT molecular complexity index is 2200. The average Bonchev–Trinajstić information content (AvgIpc) is 3.20. The van der Waals surface area contributed by atoms with Crippen LogP contribution in [0, 0.1) is 6.92 Å². The quantitative estimate of drug-likeness (QED) is 0.150. The van der Waals surface area contributed by atoms with Gasteiger partial charge in [0.15, 0.2) is 0 Å². The SMILES string of the molecule is Cc1ccc(-c2ccc(N(c3ccc(-c4ccccc4)cc3)c3ccc(-c4ccccc4)cc3)cc2)cc1C1=C(Cc2ccccc2)C=CCC1. The Kier molecular flexibility index (Phi) is 9.27. The average molecular weight is 656 g/mol. The van der Waals surface area contributed by atoms with Crippen LogP contribution in [0.25, 0.3) is 39.0 Å². The number of hydrogen-bond donors (Lipinski definition) is 0. The summed E-state index contributed by atoms with van der Waals surface area (Å²) < 4.78 is 0. The molecule has 0 aromatic heterocycles. The van der Waals surface area contributed by atoms with E-state index in [1.165, 1.54) is 61.2 Å². The van der Waals surface area contributed by atoms with Crippen molar-refractivity contribution in [3.63, 3.8) is 0 Å². The molecule has 0 aliphatic heterocycles. The third-order valence-electron chi connectivity index (χ3n) is 9.99. The monoisotopic (exact) mass is 655 g/mol. The van der Waals surface area contributed by atoms with Gasteiger partial charge in [0, 0.05) is 17.1 Å². The second kappa shape index (κ2) is 14.7. The molecule has 1 aliphatic rings. The molecule has 0 radical (unpaired) electrons. The van der Waals surface area contributed by atoms with Crippen LogP contribution in [0.3, 0.4) is 0 Å². The van der Waals surface area contributed by atoms with E-state index in [0.29, 0.717) is 0 Å². The number of anilines is 3. The summed E-state index contributed by atoms with van der Waals surface area (Å²) in [5, 5.41) is 0. The van der Waals surface area contributed by atoms with Crippen LogP contribution in [-0.4, -0.2) is 0 Å². The topological polar surface area (TPSA) is 3.24 Å². The van der Waals surface area contributed by atoms with Gasteiger partial charge in [-0.25, -0.2) is 0 Å². The fraction of sp³-hybridized carbons (Fsp3) is 0.0800. The number of aryl methyl sites for hydroxylation is 1. The molecule has 0 bridgehead atoms. The summed E-state index contributed by atoms with van der Waals surface area (Å²) >= 11 is 0. The molecule has 0 N–H and O–H groups in total. The van der Waals surface area contributed by atoms with E-state index < -0.39 is 0 Å². The van der Waals surface area contributed by atoms with Gasteiger partial charge in [0.25, 0.3) is 0 Å². The fourth-order valence-corrected chi connectivity index (χ4v) is 7.25. The van der Waals surface area contributed by atoms with Crippen molar-refractivity contribution in [3.8, 4) is 33.4 Å². The summed E-state index contributed by atoms with van der Waals surface area (Å²) in [5.41, 5.74) is 17.6. The molecule has 1 aliphatic carbocycles. The van der Waals surface area contributed by atoms with Crippen molar-refractivity contribution in [1.29, 1.82) is 0 Å². The van der Waals surface area contributed by atoms with Crippen LogP contribution in [0.1, 0.15) is 29.5 Å². The summed E-state index contributed by atoms with van der Waals surface area (Å²) in [4.78, 5) is 2.35. The van der Waals surface area contributed by atoms with E-state index in [0.717, 1.165) is 36.3 Å². The predicted molar refractivity (Wildman–Crippen MR) is 218 cm³/mol. The van der Waals surface area contributed by atoms with Crippen LogP contribution >= 0.6 is 0 Å². The van der Waals surface area contributed by atoms with Crippen molar-refractivity contribution in [3.05, 3.63) is 216 Å². The van der Waals surface area contributed by atoms with Crippen LogP contribution in [0.15, 0.2) is 200 Å². The van der Waals surface area contributed by atoms with Crippen molar-refractivity contribution < 1.29 is 0 Å². The highest BCUT2D eigenvalue weighted by atomic mass is 15.1. The summed E-state index contributed by atoms with van der Waals surface area (Å²) in [7, 11) is 0. The zero-order valence-electron chi connectivity index (χ0n) is 29.0. The summed E-state index contributed by atoms with van der Waals surface area (Å²) in [5.74, 6) is 0. The molecule has 0 saturated heterocycles. The second-order valence-electron chi connectivity index (χ2n) is 13.3. The molecule has 8 rings (SSSR count). The number of allylic oxidation sites excluding steroid dienone is 4. The largest absolute Gasteiger partial charge is 0.311 e. The van der Waals surface area contributed by atoms with Gasteiger partial charge in [-0.15, -0.1) is 0 Å². The standard InChI is InChI=1S/C50H41N/c1-37-21-22-44(36-50(37)49-20-12-11-19-45(49)35-38-13-5-2-6-14-38)43-27-33-48(34-28-43)51(46-29-23-41(24-30-46)39-15-7-3-8-16-39)47-31-25-42(26-32-47)40-17-9-4-10-18-40/h2-11,13-19,21-34,36H,12,20,35H2,1H3. The highest BCUT2D eigenvalue weighted by Gasteiger charge is 2.16. The molecule has 7 aromatic carbocycles. The van der Waals surface area contributed by atoms with Gasteiger partial charge >= 0.3 is 0 Å². The maximum Gasteiger partial charge on any atom is 0.0462 e. The van der Waals surface area contributed by atoms with E-state index in [2.05, 4.69) is 206 Å². The lowest BCUT2D eigenvalue weighted by Crippen LogP contribution is -2.09. The Morgan fingerprint density at radius 3 is 1.39 bits per heavy atom. The van der Waals surface area contributed by atoms with Crippen LogP contribution in [-0.2, 0) is 6.42 Å². The number of benzene rings is 7. The van der Waals surface area contributed by atoms with E-state index in [1.807, 2.05) is 0 Å². The molecule has 51 heavy (non-hydrogen) atoms. The van der Waals surface area contributed by atoms with Crippen LogP contribution in [0.5, 0.6) is 0 Å². The molecular formula is C50H41N. The molecule has 246 valence electrons. The van der Waals surface area contributed by atoms with Crippen LogP contribution in [0.4, 0.5) is 17.1 Å². The first-order valence-electron chi connectivity index (χ1n) is 17.9. The Morgan fingerprint density at radius 1 is 0.451 bits per heavy atom. The normalized spacial score (nSPS) is 12.6. The smallest absolute Gasteiger partial charge is 0.0462 e. The Hall–Kier alpha value is -6.18. The third kappa shape index (κ3) is 7.11. The van der Waals surface area contributed by atoms with Crippen LogP contribution < -0.4 is 4.90 Å². The lowest BCUT2D eigenvalue weighted by molar-refractivity contribution is 1.01. The van der Waals surface area contributed by atoms with Crippen molar-refractivity contribution in [1.82, 2.24) is 0 Å². The summed E-state index contributed by atoms with van der Waals surface area (Å²) in [6, 6.07) is 65.8. The Balaban J connectivity index is 1.13. The van der Waals surface area contributed by atoms with Gasteiger partial charge in [-0.1, -0.05) is 152 Å². The minimum absolute atomic E-state index is 0.958. The van der Waals surface area contributed by atoms with E-state index >= 15 is 0 Å². The molecule has 1 nitrogen and oxygen atoms in total. The Labute approximate surface area is 302 Å². The molecule has 0 heterocycles. The molecule has 7 aromatic rings. The molecule has 0 amide bonds. The lowest BCUT2D eigenvalue weighted by atomic mass is 9.85. The van der Waals surface area contributed by atoms with Gasteiger partial charge in [0.2, 0.25) is 0 Å². The number of hydrogen-bond acceptors (Lipinski definition) is 1. The first kappa shape index (κ1) is 32.0. The zero-order chi connectivity index (χ0) is 34.4. The zero-order valence-corrected chi connectivity index (χ0v) is 29.0. The highest BCUT2D eigenvalue weighted by molar-refractivity contribution is 5.82. The van der Waals surface area contributed by atoms with E-state index in [9.17, 15) is 0 Å². The number of rotatable bonds is 9.